The molecule has 0 N–H and O–H groups in total. The molecule has 4 nitrogen and oxygen atoms in total. The molecule has 1 rings (SSSR count). The van der Waals surface area contributed by atoms with Crippen LogP contribution < -0.4 is 4.74 Å². The second kappa shape index (κ2) is 5.79. The zero-order valence-electron chi connectivity index (χ0n) is 9.51. The zero-order valence-corrected chi connectivity index (χ0v) is 9.51. The highest BCUT2D eigenvalue weighted by Gasteiger charge is 2.06. The van der Waals surface area contributed by atoms with E-state index >= 15 is 0 Å². The summed E-state index contributed by atoms with van der Waals surface area (Å²) in [4.78, 5) is 23.7. The number of likely N-dealkylation sites (N-methyl/N-ethyl adjacent to an activating group) is 1. The first-order valence-electron chi connectivity index (χ1n) is 4.86. The molecule has 0 bridgehead atoms. The number of ether oxygens (including phenoxy) is 1. The summed E-state index contributed by atoms with van der Waals surface area (Å²) in [5.74, 6) is -1.95. The molecule has 0 unspecified atom stereocenters. The van der Waals surface area contributed by atoms with E-state index in [2.05, 4.69) is 0 Å². The minimum Gasteiger partial charge on any atom is -0.420 e. The van der Waals surface area contributed by atoms with Crippen molar-refractivity contribution in [2.75, 3.05) is 14.1 Å². The molecule has 0 saturated carbocycles. The molecule has 0 aliphatic carbocycles. The summed E-state index contributed by atoms with van der Waals surface area (Å²) in [6, 6.07) is 5.53. The van der Waals surface area contributed by atoms with Crippen molar-refractivity contribution >= 4 is 11.9 Å². The fraction of sp³-hybridized carbons (Fsp3) is 0.167. The molecule has 1 aromatic rings. The number of halogens is 1. The van der Waals surface area contributed by atoms with Gasteiger partial charge in [0.1, 0.15) is 0 Å². The van der Waals surface area contributed by atoms with Gasteiger partial charge in [-0.2, -0.15) is 0 Å². The molecule has 0 saturated heterocycles. The summed E-state index contributed by atoms with van der Waals surface area (Å²) < 4.78 is 17.8. The third-order valence-electron chi connectivity index (χ3n) is 1.85. The quantitative estimate of drug-likeness (QED) is 0.453. The highest BCUT2D eigenvalue weighted by atomic mass is 19.1. The second-order valence-corrected chi connectivity index (χ2v) is 3.42. The third-order valence-corrected chi connectivity index (χ3v) is 1.85. The third kappa shape index (κ3) is 4.06. The molecule has 0 aliphatic rings. The Morgan fingerprint density at radius 2 is 1.88 bits per heavy atom. The van der Waals surface area contributed by atoms with Crippen LogP contribution in [0.25, 0.3) is 0 Å². The number of nitrogens with zero attached hydrogens (tertiary/aromatic N) is 1. The average Bonchev–Trinajstić information content (AvgIpc) is 2.29. The molecule has 1 amide bonds. The van der Waals surface area contributed by atoms with Crippen molar-refractivity contribution < 1.29 is 18.7 Å². The lowest BCUT2D eigenvalue weighted by Crippen LogP contribution is -2.19. The molecule has 0 aliphatic heterocycles. The van der Waals surface area contributed by atoms with Crippen LogP contribution in [0.2, 0.25) is 0 Å². The SMILES string of the molecule is CN(C)C(=O)/C=C/C(=O)Oc1ccccc1F. The average molecular weight is 237 g/mol. The summed E-state index contributed by atoms with van der Waals surface area (Å²) in [6.45, 7) is 0. The van der Waals surface area contributed by atoms with Crippen LogP contribution in [0.3, 0.4) is 0 Å². The molecular weight excluding hydrogens is 225 g/mol. The topological polar surface area (TPSA) is 46.6 Å². The molecular formula is C12H12FNO3. The second-order valence-electron chi connectivity index (χ2n) is 3.42. The van der Waals surface area contributed by atoms with Crippen molar-refractivity contribution in [2.45, 2.75) is 0 Å². The van der Waals surface area contributed by atoms with Crippen LogP contribution >= 0.6 is 0 Å². The van der Waals surface area contributed by atoms with Crippen LogP contribution in [0.5, 0.6) is 5.75 Å². The molecule has 0 heterocycles. The number of para-hydroxylation sites is 1. The summed E-state index contributed by atoms with van der Waals surface area (Å²) in [5, 5.41) is 0. The van der Waals surface area contributed by atoms with Crippen molar-refractivity contribution in [3.05, 3.63) is 42.2 Å². The molecule has 0 aromatic heterocycles. The van der Waals surface area contributed by atoms with E-state index in [1.54, 1.807) is 20.2 Å². The molecule has 17 heavy (non-hydrogen) atoms. The highest BCUT2D eigenvalue weighted by Crippen LogP contribution is 2.15. The Bertz CT molecular complexity index is 455. The van der Waals surface area contributed by atoms with Crippen LogP contribution in [0.1, 0.15) is 0 Å². The molecule has 90 valence electrons. The largest absolute Gasteiger partial charge is 0.420 e. The number of hydrogen-bond donors (Lipinski definition) is 0. The predicted octanol–water partition coefficient (Wildman–Crippen LogP) is 1.38. The molecule has 0 atom stereocenters. The molecule has 0 radical (unpaired) electrons. The smallest absolute Gasteiger partial charge is 0.336 e. The maximum atomic E-state index is 13.1. The maximum Gasteiger partial charge on any atom is 0.336 e. The fourth-order valence-corrected chi connectivity index (χ4v) is 0.958. The van der Waals surface area contributed by atoms with Crippen LogP contribution in [-0.4, -0.2) is 30.9 Å². The summed E-state index contributed by atoms with van der Waals surface area (Å²) in [6.07, 6.45) is 2.01. The van der Waals surface area contributed by atoms with E-state index < -0.39 is 11.8 Å². The van der Waals surface area contributed by atoms with E-state index in [9.17, 15) is 14.0 Å². The van der Waals surface area contributed by atoms with E-state index in [1.807, 2.05) is 0 Å². The molecule has 1 aromatic carbocycles. The minimum atomic E-state index is -0.801. The van der Waals surface area contributed by atoms with Gasteiger partial charge >= 0.3 is 5.97 Å². The van der Waals surface area contributed by atoms with Crippen LogP contribution in [-0.2, 0) is 9.59 Å². The molecule has 5 heteroatoms. The fourth-order valence-electron chi connectivity index (χ4n) is 0.958. The van der Waals surface area contributed by atoms with Crippen molar-refractivity contribution in [3.63, 3.8) is 0 Å². The Hall–Kier alpha value is -2.17. The van der Waals surface area contributed by atoms with Gasteiger partial charge < -0.3 is 9.64 Å². The van der Waals surface area contributed by atoms with Gasteiger partial charge in [-0.1, -0.05) is 12.1 Å². The maximum absolute atomic E-state index is 13.1. The normalized spacial score (nSPS) is 10.3. The van der Waals surface area contributed by atoms with E-state index in [-0.39, 0.29) is 11.7 Å². The number of carbonyl (C=O) groups is 2. The van der Waals surface area contributed by atoms with Gasteiger partial charge in [0.2, 0.25) is 5.91 Å². The Balaban J connectivity index is 2.62. The van der Waals surface area contributed by atoms with Gasteiger partial charge in [-0.15, -0.1) is 0 Å². The number of carbonyl (C=O) groups excluding carboxylic acids is 2. The number of benzene rings is 1. The Labute approximate surface area is 98.3 Å². The van der Waals surface area contributed by atoms with Crippen LogP contribution in [0.15, 0.2) is 36.4 Å². The van der Waals surface area contributed by atoms with Crippen molar-refractivity contribution in [2.24, 2.45) is 0 Å². The Morgan fingerprint density at radius 3 is 2.47 bits per heavy atom. The standard InChI is InChI=1S/C12H12FNO3/c1-14(2)11(15)7-8-12(16)17-10-6-4-3-5-9(10)13/h3-8H,1-2H3/b8-7+. The van der Waals surface area contributed by atoms with E-state index in [0.717, 1.165) is 12.2 Å². The van der Waals surface area contributed by atoms with E-state index in [4.69, 9.17) is 4.74 Å². The predicted molar refractivity (Wildman–Crippen MR) is 59.9 cm³/mol. The summed E-state index contributed by atoms with van der Waals surface area (Å²) in [5.41, 5.74) is 0. The van der Waals surface area contributed by atoms with Gasteiger partial charge in [0.25, 0.3) is 0 Å². The van der Waals surface area contributed by atoms with Gasteiger partial charge in [0, 0.05) is 26.2 Å². The summed E-state index contributed by atoms with van der Waals surface area (Å²) in [7, 11) is 3.10. The van der Waals surface area contributed by atoms with Crippen LogP contribution in [0.4, 0.5) is 4.39 Å². The van der Waals surface area contributed by atoms with Gasteiger partial charge in [0.05, 0.1) is 0 Å². The summed E-state index contributed by atoms with van der Waals surface area (Å²) >= 11 is 0. The van der Waals surface area contributed by atoms with Crippen LogP contribution in [0, 0.1) is 5.82 Å². The van der Waals surface area contributed by atoms with E-state index in [0.29, 0.717) is 0 Å². The lowest BCUT2D eigenvalue weighted by atomic mass is 10.3. The van der Waals surface area contributed by atoms with Gasteiger partial charge in [-0.3, -0.25) is 4.79 Å². The first-order chi connectivity index (χ1) is 8.00. The monoisotopic (exact) mass is 237 g/mol. The Morgan fingerprint density at radius 1 is 1.24 bits per heavy atom. The van der Waals surface area contributed by atoms with Gasteiger partial charge in [0.15, 0.2) is 11.6 Å². The van der Waals surface area contributed by atoms with Crippen molar-refractivity contribution in [3.8, 4) is 5.75 Å². The first-order valence-corrected chi connectivity index (χ1v) is 4.86. The number of hydrogen-bond acceptors (Lipinski definition) is 3. The molecule has 0 fully saturated rings. The Kier molecular flexibility index (Phi) is 4.39. The van der Waals surface area contributed by atoms with E-state index in [1.165, 1.54) is 23.1 Å². The van der Waals surface area contributed by atoms with Gasteiger partial charge in [-0.25, -0.2) is 9.18 Å². The number of amides is 1. The lowest BCUT2D eigenvalue weighted by molar-refractivity contribution is -0.130. The zero-order chi connectivity index (χ0) is 12.8. The lowest BCUT2D eigenvalue weighted by Gasteiger charge is -2.05. The highest BCUT2D eigenvalue weighted by molar-refractivity contribution is 5.94. The minimum absolute atomic E-state index is 0.167. The number of rotatable bonds is 3. The molecule has 0 spiro atoms. The number of esters is 1. The van der Waals surface area contributed by atoms with Gasteiger partial charge in [-0.05, 0) is 12.1 Å². The van der Waals surface area contributed by atoms with Crippen molar-refractivity contribution in [1.82, 2.24) is 4.90 Å². The van der Waals surface area contributed by atoms with Crippen molar-refractivity contribution in [1.29, 1.82) is 0 Å². The first kappa shape index (κ1) is 12.9.